The number of nitrogens with two attached hydrogens (primary N) is 1. The lowest BCUT2D eigenvalue weighted by molar-refractivity contribution is -0.128. The van der Waals surface area contributed by atoms with Crippen molar-refractivity contribution in [2.24, 2.45) is 5.73 Å². The molecule has 1 aliphatic carbocycles. The average molecular weight is 312 g/mol. The normalized spacial score (nSPS) is 23.9. The number of nitrogens with one attached hydrogen (secondary N) is 1. The van der Waals surface area contributed by atoms with Gasteiger partial charge in [-0.25, -0.2) is 0 Å². The summed E-state index contributed by atoms with van der Waals surface area (Å²) < 4.78 is 0. The van der Waals surface area contributed by atoms with Crippen LogP contribution in [0.3, 0.4) is 0 Å². The van der Waals surface area contributed by atoms with Gasteiger partial charge in [-0.05, 0) is 45.8 Å². The molecule has 1 saturated heterocycles. The van der Waals surface area contributed by atoms with Crippen molar-refractivity contribution in [1.82, 2.24) is 10.2 Å². The van der Waals surface area contributed by atoms with E-state index in [1.165, 1.54) is 6.42 Å². The molecule has 2 fully saturated rings. The molecule has 0 spiro atoms. The van der Waals surface area contributed by atoms with Crippen LogP contribution in [-0.4, -0.2) is 42.5 Å². The van der Waals surface area contributed by atoms with Crippen LogP contribution in [0.2, 0.25) is 0 Å². The highest BCUT2D eigenvalue weighted by atomic mass is 35.5. The quantitative estimate of drug-likeness (QED) is 0.816. The van der Waals surface area contributed by atoms with E-state index >= 15 is 0 Å². The molecular weight excluding hydrogens is 285 g/mol. The Balaban J connectivity index is 0.00000162. The Morgan fingerprint density at radius 3 is 2.21 bits per heavy atom. The standard InChI is InChI=1S/C13H25N3O.2ClH/c1-16-9-5-11(6-10-16)15-12(17)13(14)7-3-2-4-8-13;;/h11H,2-10,14H2,1H3,(H,15,17);2*1H. The van der Waals surface area contributed by atoms with Crippen LogP contribution in [0.4, 0.5) is 0 Å². The summed E-state index contributed by atoms with van der Waals surface area (Å²) in [6, 6.07) is 0.334. The number of carbonyl (C=O) groups is 1. The molecular formula is C13H27Cl2N3O. The summed E-state index contributed by atoms with van der Waals surface area (Å²) in [6.07, 6.45) is 7.22. The highest BCUT2D eigenvalue weighted by Crippen LogP contribution is 2.26. The maximum atomic E-state index is 12.2. The first-order chi connectivity index (χ1) is 8.10. The van der Waals surface area contributed by atoms with Crippen molar-refractivity contribution >= 4 is 30.7 Å². The number of hydrogen-bond donors (Lipinski definition) is 2. The summed E-state index contributed by atoms with van der Waals surface area (Å²) in [6.45, 7) is 2.14. The Hall–Kier alpha value is -0.0300. The second-order valence-electron chi connectivity index (χ2n) is 5.77. The minimum atomic E-state index is -0.582. The zero-order valence-electron chi connectivity index (χ0n) is 11.7. The zero-order chi connectivity index (χ0) is 12.3. The van der Waals surface area contributed by atoms with E-state index in [0.29, 0.717) is 6.04 Å². The van der Waals surface area contributed by atoms with Gasteiger partial charge in [0.25, 0.3) is 0 Å². The molecule has 1 saturated carbocycles. The van der Waals surface area contributed by atoms with Gasteiger partial charge in [-0.2, -0.15) is 0 Å². The van der Waals surface area contributed by atoms with Crippen LogP contribution in [-0.2, 0) is 4.79 Å². The maximum Gasteiger partial charge on any atom is 0.240 e. The van der Waals surface area contributed by atoms with E-state index in [4.69, 9.17) is 5.73 Å². The average Bonchev–Trinajstić information content (AvgIpc) is 2.33. The van der Waals surface area contributed by atoms with E-state index in [-0.39, 0.29) is 30.7 Å². The minimum Gasteiger partial charge on any atom is -0.352 e. The first-order valence-corrected chi connectivity index (χ1v) is 6.88. The SMILES string of the molecule is CN1CCC(NC(=O)C2(N)CCCCC2)CC1.Cl.Cl. The second kappa shape index (κ2) is 8.30. The Bertz CT molecular complexity index is 275. The van der Waals surface area contributed by atoms with Gasteiger partial charge >= 0.3 is 0 Å². The van der Waals surface area contributed by atoms with E-state index in [1.807, 2.05) is 0 Å². The molecule has 1 aliphatic heterocycles. The number of piperidine rings is 1. The van der Waals surface area contributed by atoms with Crippen LogP contribution in [0.15, 0.2) is 0 Å². The fraction of sp³-hybridized carbons (Fsp3) is 0.923. The van der Waals surface area contributed by atoms with Gasteiger partial charge in [0, 0.05) is 6.04 Å². The van der Waals surface area contributed by atoms with Gasteiger partial charge in [-0.3, -0.25) is 4.79 Å². The third-order valence-corrected chi connectivity index (χ3v) is 4.25. The van der Waals surface area contributed by atoms with Gasteiger partial charge < -0.3 is 16.0 Å². The van der Waals surface area contributed by atoms with Crippen molar-refractivity contribution in [2.75, 3.05) is 20.1 Å². The first kappa shape index (κ1) is 19.0. The molecule has 0 aromatic heterocycles. The van der Waals surface area contributed by atoms with Crippen LogP contribution >= 0.6 is 24.8 Å². The third kappa shape index (κ3) is 5.10. The minimum absolute atomic E-state index is 0. The van der Waals surface area contributed by atoms with E-state index < -0.39 is 5.54 Å². The highest BCUT2D eigenvalue weighted by Gasteiger charge is 2.36. The van der Waals surface area contributed by atoms with Crippen LogP contribution in [0.25, 0.3) is 0 Å². The van der Waals surface area contributed by atoms with Crippen molar-refractivity contribution in [3.63, 3.8) is 0 Å². The fourth-order valence-electron chi connectivity index (χ4n) is 2.89. The largest absolute Gasteiger partial charge is 0.352 e. The van der Waals surface area contributed by atoms with Gasteiger partial charge in [-0.15, -0.1) is 24.8 Å². The Kier molecular flexibility index (Phi) is 8.29. The van der Waals surface area contributed by atoms with Crippen molar-refractivity contribution in [3.8, 4) is 0 Å². The van der Waals surface area contributed by atoms with Crippen molar-refractivity contribution in [3.05, 3.63) is 0 Å². The number of carbonyl (C=O) groups excluding carboxylic acids is 1. The smallest absolute Gasteiger partial charge is 0.240 e. The van der Waals surface area contributed by atoms with Gasteiger partial charge in [0.2, 0.25) is 5.91 Å². The van der Waals surface area contributed by atoms with Crippen molar-refractivity contribution in [1.29, 1.82) is 0 Å². The van der Waals surface area contributed by atoms with E-state index in [0.717, 1.165) is 51.6 Å². The molecule has 0 atom stereocenters. The molecule has 4 nitrogen and oxygen atoms in total. The molecule has 2 rings (SSSR count). The molecule has 19 heavy (non-hydrogen) atoms. The lowest BCUT2D eigenvalue weighted by Crippen LogP contribution is -2.58. The van der Waals surface area contributed by atoms with Gasteiger partial charge in [0.1, 0.15) is 0 Å². The number of nitrogens with zero attached hydrogens (tertiary/aromatic N) is 1. The number of rotatable bonds is 2. The molecule has 2 aliphatic rings. The lowest BCUT2D eigenvalue weighted by Gasteiger charge is -2.35. The molecule has 6 heteroatoms. The molecule has 0 unspecified atom stereocenters. The maximum absolute atomic E-state index is 12.2. The van der Waals surface area contributed by atoms with Crippen molar-refractivity contribution < 1.29 is 4.79 Å². The fourth-order valence-corrected chi connectivity index (χ4v) is 2.89. The van der Waals surface area contributed by atoms with Gasteiger partial charge in [-0.1, -0.05) is 19.3 Å². The van der Waals surface area contributed by atoms with E-state index in [1.54, 1.807) is 0 Å². The molecule has 1 heterocycles. The monoisotopic (exact) mass is 311 g/mol. The number of hydrogen-bond acceptors (Lipinski definition) is 3. The Morgan fingerprint density at radius 1 is 1.16 bits per heavy atom. The molecule has 1 amide bonds. The molecule has 3 N–H and O–H groups in total. The van der Waals surface area contributed by atoms with Crippen LogP contribution < -0.4 is 11.1 Å². The topological polar surface area (TPSA) is 58.4 Å². The van der Waals surface area contributed by atoms with Gasteiger partial charge in [0.15, 0.2) is 0 Å². The summed E-state index contributed by atoms with van der Waals surface area (Å²) in [5.41, 5.74) is 5.64. The van der Waals surface area contributed by atoms with Crippen LogP contribution in [0.5, 0.6) is 0 Å². The Labute approximate surface area is 128 Å². The van der Waals surface area contributed by atoms with Gasteiger partial charge in [0.05, 0.1) is 5.54 Å². The van der Waals surface area contributed by atoms with E-state index in [9.17, 15) is 4.79 Å². The van der Waals surface area contributed by atoms with E-state index in [2.05, 4.69) is 17.3 Å². The predicted molar refractivity (Wildman–Crippen MR) is 83.2 cm³/mol. The number of likely N-dealkylation sites (tertiary alicyclic amines) is 1. The lowest BCUT2D eigenvalue weighted by atomic mass is 9.81. The first-order valence-electron chi connectivity index (χ1n) is 6.88. The summed E-state index contributed by atoms with van der Waals surface area (Å²) in [4.78, 5) is 14.5. The zero-order valence-corrected chi connectivity index (χ0v) is 13.3. The summed E-state index contributed by atoms with van der Waals surface area (Å²) in [5, 5.41) is 3.16. The molecule has 0 radical (unpaired) electrons. The summed E-state index contributed by atoms with van der Waals surface area (Å²) >= 11 is 0. The second-order valence-corrected chi connectivity index (χ2v) is 5.77. The molecule has 114 valence electrons. The summed E-state index contributed by atoms with van der Waals surface area (Å²) in [7, 11) is 2.13. The highest BCUT2D eigenvalue weighted by molar-refractivity contribution is 5.86. The van der Waals surface area contributed by atoms with Crippen molar-refractivity contribution in [2.45, 2.75) is 56.5 Å². The van der Waals surface area contributed by atoms with Crippen LogP contribution in [0.1, 0.15) is 44.9 Å². The molecule has 0 bridgehead atoms. The molecule has 0 aromatic carbocycles. The summed E-state index contributed by atoms with van der Waals surface area (Å²) in [5.74, 6) is 0.0896. The van der Waals surface area contributed by atoms with Crippen LogP contribution in [0, 0.1) is 0 Å². The third-order valence-electron chi connectivity index (χ3n) is 4.25. The molecule has 0 aromatic rings. The number of amides is 1. The predicted octanol–water partition coefficient (Wildman–Crippen LogP) is 1.70. The Morgan fingerprint density at radius 2 is 1.68 bits per heavy atom. The number of halogens is 2.